The molecule has 2 unspecified atom stereocenters. The smallest absolute Gasteiger partial charge is 0.361 e. The van der Waals surface area contributed by atoms with E-state index < -0.39 is 24.3 Å². The molecule has 9 heteroatoms. The highest BCUT2D eigenvalue weighted by molar-refractivity contribution is 5.71. The standard InChI is InChI=1S/C41H77NO8/c1-6-8-10-12-14-16-18-20-22-23-25-27-29-31-38(43)48-35-37(36-49-41(40(45)46)47-34-33-42(3,4)5)50-39(44)32-30-28-26-24-21-19-17-15-13-11-9-7-2/h15,17,37,41H,6-14,16,18-36H2,1-5H3/p+1/b17-15-. The summed E-state index contributed by atoms with van der Waals surface area (Å²) in [5.41, 5.74) is 0. The van der Waals surface area contributed by atoms with E-state index in [-0.39, 0.29) is 32.2 Å². The lowest BCUT2D eigenvalue weighted by molar-refractivity contribution is -0.870. The fourth-order valence-corrected chi connectivity index (χ4v) is 5.53. The largest absolute Gasteiger partial charge is 0.477 e. The maximum Gasteiger partial charge on any atom is 0.361 e. The fraction of sp³-hybridized carbons (Fsp3) is 0.878. The maximum absolute atomic E-state index is 12.7. The Morgan fingerprint density at radius 3 is 1.52 bits per heavy atom. The molecule has 0 aliphatic heterocycles. The van der Waals surface area contributed by atoms with Crippen LogP contribution in [0, 0.1) is 0 Å². The Labute approximate surface area is 306 Å². The molecule has 0 aromatic rings. The van der Waals surface area contributed by atoms with Crippen LogP contribution < -0.4 is 0 Å². The molecule has 50 heavy (non-hydrogen) atoms. The van der Waals surface area contributed by atoms with Crippen LogP contribution in [0.4, 0.5) is 0 Å². The highest BCUT2D eigenvalue weighted by Gasteiger charge is 2.25. The molecule has 0 bridgehead atoms. The molecule has 0 saturated heterocycles. The Morgan fingerprint density at radius 2 is 1.02 bits per heavy atom. The van der Waals surface area contributed by atoms with Crippen LogP contribution >= 0.6 is 0 Å². The molecule has 294 valence electrons. The average molecular weight is 713 g/mol. The van der Waals surface area contributed by atoms with Gasteiger partial charge in [-0.25, -0.2) is 4.79 Å². The summed E-state index contributed by atoms with van der Waals surface area (Å²) in [7, 11) is 5.95. The van der Waals surface area contributed by atoms with E-state index in [0.29, 0.717) is 23.9 Å². The summed E-state index contributed by atoms with van der Waals surface area (Å²) in [6, 6.07) is 0. The first kappa shape index (κ1) is 48.0. The van der Waals surface area contributed by atoms with Crippen LogP contribution in [-0.2, 0) is 33.3 Å². The van der Waals surface area contributed by atoms with Crippen LogP contribution in [0.15, 0.2) is 12.2 Å². The van der Waals surface area contributed by atoms with Crippen molar-refractivity contribution < 1.29 is 42.9 Å². The van der Waals surface area contributed by atoms with Crippen LogP contribution in [0.2, 0.25) is 0 Å². The van der Waals surface area contributed by atoms with E-state index in [1.807, 2.05) is 21.1 Å². The van der Waals surface area contributed by atoms with Gasteiger partial charge in [-0.2, -0.15) is 0 Å². The number of quaternary nitrogens is 1. The quantitative estimate of drug-likeness (QED) is 0.0223. The number of carbonyl (C=O) groups excluding carboxylic acids is 2. The molecule has 0 aliphatic rings. The molecular formula is C41H78NO8+. The Morgan fingerprint density at radius 1 is 0.580 bits per heavy atom. The predicted octanol–water partition coefficient (Wildman–Crippen LogP) is 9.94. The minimum atomic E-state index is -1.50. The normalized spacial score (nSPS) is 13.1. The lowest BCUT2D eigenvalue weighted by Crippen LogP contribution is -2.40. The Bertz CT molecular complexity index is 841. The molecule has 0 heterocycles. The number of carbonyl (C=O) groups is 3. The summed E-state index contributed by atoms with van der Waals surface area (Å²) in [5.74, 6) is -2.01. The van der Waals surface area contributed by atoms with Crippen LogP contribution in [-0.4, -0.2) is 87.4 Å². The van der Waals surface area contributed by atoms with Gasteiger partial charge >= 0.3 is 17.9 Å². The summed E-state index contributed by atoms with van der Waals surface area (Å²) in [6.07, 6.45) is 29.8. The van der Waals surface area contributed by atoms with Gasteiger partial charge in [-0.1, -0.05) is 135 Å². The van der Waals surface area contributed by atoms with E-state index in [2.05, 4.69) is 26.0 Å². The highest BCUT2D eigenvalue weighted by Crippen LogP contribution is 2.14. The number of unbranched alkanes of at least 4 members (excludes halogenated alkanes) is 20. The van der Waals surface area contributed by atoms with Gasteiger partial charge in [0.15, 0.2) is 6.10 Å². The zero-order valence-electron chi connectivity index (χ0n) is 33.1. The van der Waals surface area contributed by atoms with Crippen LogP contribution in [0.1, 0.15) is 174 Å². The van der Waals surface area contributed by atoms with E-state index in [1.54, 1.807) is 0 Å². The van der Waals surface area contributed by atoms with Gasteiger partial charge < -0.3 is 28.5 Å². The summed E-state index contributed by atoms with van der Waals surface area (Å²) in [4.78, 5) is 36.9. The number of hydrogen-bond donors (Lipinski definition) is 1. The van der Waals surface area contributed by atoms with Crippen LogP contribution in [0.25, 0.3) is 0 Å². The van der Waals surface area contributed by atoms with Crippen molar-refractivity contribution in [1.29, 1.82) is 0 Å². The summed E-state index contributed by atoms with van der Waals surface area (Å²) >= 11 is 0. The molecule has 0 saturated carbocycles. The van der Waals surface area contributed by atoms with Gasteiger partial charge in [0.1, 0.15) is 13.2 Å². The number of aliphatic carboxylic acids is 1. The molecule has 2 atom stereocenters. The van der Waals surface area contributed by atoms with Gasteiger partial charge in [0.05, 0.1) is 34.4 Å². The number of ether oxygens (including phenoxy) is 4. The molecule has 1 N–H and O–H groups in total. The second kappa shape index (κ2) is 34.1. The second-order valence-electron chi connectivity index (χ2n) is 14.9. The van der Waals surface area contributed by atoms with Gasteiger partial charge in [0.25, 0.3) is 6.29 Å². The van der Waals surface area contributed by atoms with E-state index in [4.69, 9.17) is 18.9 Å². The number of nitrogens with zero attached hydrogens (tertiary/aromatic N) is 1. The molecule has 9 nitrogen and oxygen atoms in total. The van der Waals surface area contributed by atoms with Crippen molar-refractivity contribution in [2.75, 3.05) is 47.5 Å². The predicted molar refractivity (Wildman–Crippen MR) is 203 cm³/mol. The third kappa shape index (κ3) is 34.5. The third-order valence-corrected chi connectivity index (χ3v) is 8.77. The van der Waals surface area contributed by atoms with E-state index in [9.17, 15) is 19.5 Å². The molecule has 0 amide bonds. The van der Waals surface area contributed by atoms with Crippen LogP contribution in [0.3, 0.4) is 0 Å². The summed E-state index contributed by atoms with van der Waals surface area (Å²) < 4.78 is 22.6. The SMILES string of the molecule is CCCCC/C=C\CCCCCCCC(=O)OC(COC(=O)CCCCCCCCCCCCCCC)COC(OCC[N+](C)(C)C)C(=O)O. The topological polar surface area (TPSA) is 108 Å². The molecule has 0 rings (SSSR count). The second-order valence-corrected chi connectivity index (χ2v) is 14.9. The molecule has 0 aliphatic carbocycles. The minimum Gasteiger partial charge on any atom is -0.477 e. The van der Waals surface area contributed by atoms with E-state index in [0.717, 1.165) is 51.4 Å². The van der Waals surface area contributed by atoms with Gasteiger partial charge in [-0.3, -0.25) is 9.59 Å². The zero-order valence-corrected chi connectivity index (χ0v) is 33.1. The van der Waals surface area contributed by atoms with Crippen molar-refractivity contribution in [1.82, 2.24) is 0 Å². The van der Waals surface area contributed by atoms with Gasteiger partial charge in [-0.15, -0.1) is 0 Å². The number of likely N-dealkylation sites (N-methyl/N-ethyl adjacent to an activating group) is 1. The number of allylic oxidation sites excluding steroid dienone is 2. The molecule has 0 aromatic carbocycles. The maximum atomic E-state index is 12.7. The van der Waals surface area contributed by atoms with E-state index >= 15 is 0 Å². The summed E-state index contributed by atoms with van der Waals surface area (Å²) in [5, 5.41) is 9.59. The molecule has 0 aromatic heterocycles. The molecular weight excluding hydrogens is 634 g/mol. The van der Waals surface area contributed by atoms with Crippen molar-refractivity contribution in [2.45, 2.75) is 187 Å². The lowest BCUT2D eigenvalue weighted by atomic mass is 10.0. The average Bonchev–Trinajstić information content (AvgIpc) is 3.06. The fourth-order valence-electron chi connectivity index (χ4n) is 5.53. The molecule has 0 spiro atoms. The Hall–Kier alpha value is -1.97. The zero-order chi connectivity index (χ0) is 37.1. The first-order chi connectivity index (χ1) is 24.1. The van der Waals surface area contributed by atoms with Gasteiger partial charge in [0.2, 0.25) is 0 Å². The van der Waals surface area contributed by atoms with Crippen molar-refractivity contribution in [3.8, 4) is 0 Å². The number of esters is 2. The summed E-state index contributed by atoms with van der Waals surface area (Å²) in [6.45, 7) is 4.83. The Kier molecular flexibility index (Phi) is 32.8. The number of carboxylic acids is 1. The lowest BCUT2D eigenvalue weighted by Gasteiger charge is -2.25. The number of rotatable bonds is 37. The number of hydrogen-bond acceptors (Lipinski definition) is 7. The van der Waals surface area contributed by atoms with Gasteiger partial charge in [-0.05, 0) is 38.5 Å². The monoisotopic (exact) mass is 713 g/mol. The van der Waals surface area contributed by atoms with Crippen molar-refractivity contribution in [2.24, 2.45) is 0 Å². The minimum absolute atomic E-state index is 0.180. The Balaban J connectivity index is 4.50. The van der Waals surface area contributed by atoms with Gasteiger partial charge in [0, 0.05) is 12.8 Å². The molecule has 0 fully saturated rings. The van der Waals surface area contributed by atoms with Crippen molar-refractivity contribution >= 4 is 17.9 Å². The van der Waals surface area contributed by atoms with Crippen molar-refractivity contribution in [3.05, 3.63) is 12.2 Å². The molecule has 0 radical (unpaired) electrons. The number of carboxylic acid groups (broad SMARTS) is 1. The van der Waals surface area contributed by atoms with Crippen molar-refractivity contribution in [3.63, 3.8) is 0 Å². The first-order valence-electron chi connectivity index (χ1n) is 20.4. The first-order valence-corrected chi connectivity index (χ1v) is 20.4. The van der Waals surface area contributed by atoms with Crippen LogP contribution in [0.5, 0.6) is 0 Å². The third-order valence-electron chi connectivity index (χ3n) is 8.77. The van der Waals surface area contributed by atoms with E-state index in [1.165, 1.54) is 89.9 Å². The highest BCUT2D eigenvalue weighted by atomic mass is 16.7.